The highest BCUT2D eigenvalue weighted by Crippen LogP contribution is 2.36. The Morgan fingerprint density at radius 2 is 1.57 bits per heavy atom. The second kappa shape index (κ2) is 7.43. The van der Waals surface area contributed by atoms with Crippen molar-refractivity contribution in [2.45, 2.75) is 82.8 Å². The van der Waals surface area contributed by atoms with Crippen LogP contribution >= 0.6 is 0 Å². The Kier molecular flexibility index (Phi) is 6.10. The molecule has 1 heterocycles. The van der Waals surface area contributed by atoms with E-state index in [4.69, 9.17) is 0 Å². The van der Waals surface area contributed by atoms with E-state index in [0.717, 1.165) is 13.0 Å². The van der Waals surface area contributed by atoms with E-state index < -0.39 is 5.60 Å². The van der Waals surface area contributed by atoms with E-state index >= 15 is 0 Å². The van der Waals surface area contributed by atoms with Crippen LogP contribution in [0.25, 0.3) is 0 Å². The molecule has 1 N–H and O–H groups in total. The minimum atomic E-state index is -0.543. The van der Waals surface area contributed by atoms with Crippen molar-refractivity contribution in [3.63, 3.8) is 0 Å². The molecule has 2 rings (SSSR count). The van der Waals surface area contributed by atoms with E-state index in [-0.39, 0.29) is 0 Å². The Morgan fingerprint density at radius 1 is 1.00 bits per heavy atom. The molecule has 2 fully saturated rings. The molecule has 0 radical (unpaired) electrons. The zero-order chi connectivity index (χ0) is 15.3. The average Bonchev–Trinajstić information content (AvgIpc) is 2.46. The van der Waals surface area contributed by atoms with Gasteiger partial charge in [-0.2, -0.15) is 0 Å². The van der Waals surface area contributed by atoms with Gasteiger partial charge in [-0.3, -0.25) is 4.90 Å². The highest BCUT2D eigenvalue weighted by atomic mass is 16.3. The van der Waals surface area contributed by atoms with Gasteiger partial charge < -0.3 is 10.0 Å². The maximum Gasteiger partial charge on any atom is 0.0603 e. The molecule has 124 valence electrons. The van der Waals surface area contributed by atoms with E-state index in [0.29, 0.717) is 5.54 Å². The minimum absolute atomic E-state index is 0.424. The summed E-state index contributed by atoms with van der Waals surface area (Å²) in [5, 5.41) is 9.95. The van der Waals surface area contributed by atoms with Gasteiger partial charge in [0.05, 0.1) is 5.60 Å². The molecule has 0 bridgehead atoms. The van der Waals surface area contributed by atoms with Crippen LogP contribution in [0.4, 0.5) is 0 Å². The number of likely N-dealkylation sites (N-methyl/N-ethyl adjacent to an activating group) is 1. The smallest absolute Gasteiger partial charge is 0.0603 e. The third kappa shape index (κ3) is 5.22. The second-order valence-corrected chi connectivity index (χ2v) is 8.13. The number of likely N-dealkylation sites (tertiary alicyclic amines) is 1. The molecule has 3 heteroatoms. The van der Waals surface area contributed by atoms with E-state index in [1.54, 1.807) is 0 Å². The number of rotatable bonds is 6. The first-order valence-corrected chi connectivity index (χ1v) is 9.07. The van der Waals surface area contributed by atoms with Crippen molar-refractivity contribution in [1.82, 2.24) is 9.80 Å². The molecule has 1 saturated heterocycles. The van der Waals surface area contributed by atoms with Gasteiger partial charge in [0.15, 0.2) is 0 Å². The highest BCUT2D eigenvalue weighted by Gasteiger charge is 2.39. The van der Waals surface area contributed by atoms with Crippen molar-refractivity contribution in [3.05, 3.63) is 0 Å². The third-order valence-electron chi connectivity index (χ3n) is 5.48. The monoisotopic (exact) mass is 296 g/mol. The largest absolute Gasteiger partial charge is 0.390 e. The molecule has 1 saturated carbocycles. The van der Waals surface area contributed by atoms with Crippen LogP contribution in [0.5, 0.6) is 0 Å². The van der Waals surface area contributed by atoms with E-state index in [1.165, 1.54) is 71.0 Å². The average molecular weight is 296 g/mol. The van der Waals surface area contributed by atoms with Crippen LogP contribution in [0.2, 0.25) is 0 Å². The summed E-state index contributed by atoms with van der Waals surface area (Å²) in [6, 6.07) is 0. The summed E-state index contributed by atoms with van der Waals surface area (Å²) < 4.78 is 0. The van der Waals surface area contributed by atoms with Crippen LogP contribution in [0.15, 0.2) is 0 Å². The summed E-state index contributed by atoms with van der Waals surface area (Å²) in [5.41, 5.74) is -0.119. The number of piperidine rings is 1. The van der Waals surface area contributed by atoms with Crippen LogP contribution in [-0.4, -0.2) is 59.3 Å². The van der Waals surface area contributed by atoms with Gasteiger partial charge in [-0.25, -0.2) is 0 Å². The topological polar surface area (TPSA) is 26.7 Å². The summed E-state index contributed by atoms with van der Waals surface area (Å²) in [7, 11) is 2.24. The third-order valence-corrected chi connectivity index (χ3v) is 5.48. The van der Waals surface area contributed by atoms with Crippen LogP contribution < -0.4 is 0 Å². The van der Waals surface area contributed by atoms with Gasteiger partial charge in [-0.05, 0) is 66.1 Å². The number of nitrogens with zero attached hydrogens (tertiary/aromatic N) is 2. The molecule has 0 unspecified atom stereocenters. The van der Waals surface area contributed by atoms with Crippen molar-refractivity contribution in [3.8, 4) is 0 Å². The lowest BCUT2D eigenvalue weighted by atomic mass is 9.78. The van der Waals surface area contributed by atoms with Gasteiger partial charge in [0.1, 0.15) is 0 Å². The van der Waals surface area contributed by atoms with Gasteiger partial charge in [0, 0.05) is 18.6 Å². The summed E-state index contributed by atoms with van der Waals surface area (Å²) in [6.07, 6.45) is 12.0. The summed E-state index contributed by atoms with van der Waals surface area (Å²) >= 11 is 0. The van der Waals surface area contributed by atoms with Gasteiger partial charge in [-0.15, -0.1) is 0 Å². The van der Waals surface area contributed by atoms with Crippen molar-refractivity contribution in [2.75, 3.05) is 33.2 Å². The summed E-state index contributed by atoms with van der Waals surface area (Å²) in [6.45, 7) is 8.63. The van der Waals surface area contributed by atoms with Crippen LogP contribution in [0.1, 0.15) is 71.6 Å². The zero-order valence-corrected chi connectivity index (χ0v) is 14.5. The quantitative estimate of drug-likeness (QED) is 0.815. The normalized spacial score (nSPS) is 24.4. The van der Waals surface area contributed by atoms with Crippen LogP contribution in [0.3, 0.4) is 0 Å². The highest BCUT2D eigenvalue weighted by molar-refractivity contribution is 4.96. The van der Waals surface area contributed by atoms with Gasteiger partial charge >= 0.3 is 0 Å². The van der Waals surface area contributed by atoms with E-state index in [2.05, 4.69) is 16.8 Å². The molecule has 0 aromatic carbocycles. The van der Waals surface area contributed by atoms with E-state index in [9.17, 15) is 5.11 Å². The number of hydrogen-bond donors (Lipinski definition) is 1. The molecule has 1 aliphatic carbocycles. The summed E-state index contributed by atoms with van der Waals surface area (Å²) in [5.74, 6) is 0. The molecular weight excluding hydrogens is 260 g/mol. The molecule has 0 atom stereocenters. The Balaban J connectivity index is 1.95. The predicted molar refractivity (Wildman–Crippen MR) is 89.7 cm³/mol. The first kappa shape index (κ1) is 17.2. The minimum Gasteiger partial charge on any atom is -0.390 e. The van der Waals surface area contributed by atoms with Gasteiger partial charge in [-0.1, -0.05) is 25.7 Å². The Labute approximate surface area is 131 Å². The first-order chi connectivity index (χ1) is 9.91. The fourth-order valence-electron chi connectivity index (χ4n) is 4.20. The molecule has 0 spiro atoms. The molecule has 1 aliphatic heterocycles. The Bertz CT molecular complexity index is 299. The lowest BCUT2D eigenvalue weighted by molar-refractivity contribution is 0.00161. The molecule has 0 aromatic rings. The lowest BCUT2D eigenvalue weighted by Crippen LogP contribution is -2.57. The number of hydrogen-bond acceptors (Lipinski definition) is 3. The molecule has 0 amide bonds. The maximum absolute atomic E-state index is 9.95. The van der Waals surface area contributed by atoms with Crippen molar-refractivity contribution < 1.29 is 5.11 Å². The van der Waals surface area contributed by atoms with Crippen LogP contribution in [-0.2, 0) is 0 Å². The standard InChI is InChI=1S/C18H36N2O/c1-17(2,21)12-15-19(3)16-18(10-6-4-7-11-18)20-13-8-5-9-14-20/h21H,4-16H2,1-3H3. The van der Waals surface area contributed by atoms with Crippen molar-refractivity contribution in [1.29, 1.82) is 0 Å². The molecular formula is C18H36N2O. The summed E-state index contributed by atoms with van der Waals surface area (Å²) in [4.78, 5) is 5.29. The van der Waals surface area contributed by atoms with Crippen molar-refractivity contribution in [2.24, 2.45) is 0 Å². The van der Waals surface area contributed by atoms with E-state index in [1.807, 2.05) is 13.8 Å². The van der Waals surface area contributed by atoms with Gasteiger partial charge in [0.2, 0.25) is 0 Å². The second-order valence-electron chi connectivity index (χ2n) is 8.13. The van der Waals surface area contributed by atoms with Gasteiger partial charge in [0.25, 0.3) is 0 Å². The SMILES string of the molecule is CN(CCC(C)(C)O)CC1(N2CCCCC2)CCCCC1. The fourth-order valence-corrected chi connectivity index (χ4v) is 4.20. The Morgan fingerprint density at radius 3 is 2.14 bits per heavy atom. The molecule has 21 heavy (non-hydrogen) atoms. The van der Waals surface area contributed by atoms with Crippen molar-refractivity contribution >= 4 is 0 Å². The van der Waals surface area contributed by atoms with Crippen LogP contribution in [0, 0.1) is 0 Å². The maximum atomic E-state index is 9.95. The molecule has 2 aliphatic rings. The predicted octanol–water partition coefficient (Wildman–Crippen LogP) is 3.27. The lowest BCUT2D eigenvalue weighted by Gasteiger charge is -2.50. The zero-order valence-electron chi connectivity index (χ0n) is 14.5. The fraction of sp³-hybridized carbons (Fsp3) is 1.00. The molecule has 0 aromatic heterocycles. The number of aliphatic hydroxyl groups is 1. The molecule has 3 nitrogen and oxygen atoms in total. The Hall–Kier alpha value is -0.120. The first-order valence-electron chi connectivity index (χ1n) is 9.07.